The molecule has 0 saturated carbocycles. The van der Waals surface area contributed by atoms with Gasteiger partial charge in [-0.3, -0.25) is 5.10 Å². The normalized spacial score (nSPS) is 11.1. The van der Waals surface area contributed by atoms with E-state index in [-0.39, 0.29) is 5.75 Å². The number of nitrogens with one attached hydrogen (secondary N) is 1. The molecule has 1 heterocycles. The summed E-state index contributed by atoms with van der Waals surface area (Å²) >= 11 is 6.16. The van der Waals surface area contributed by atoms with E-state index >= 15 is 0 Å². The predicted octanol–water partition coefficient (Wildman–Crippen LogP) is 4.61. The molecule has 2 aromatic carbocycles. The number of aromatic nitrogens is 2. The fourth-order valence-corrected chi connectivity index (χ4v) is 2.23. The van der Waals surface area contributed by atoms with Crippen molar-refractivity contribution in [3.8, 4) is 17.0 Å². The monoisotopic (exact) mass is 296 g/mol. The quantitative estimate of drug-likeness (QED) is 0.741. The lowest BCUT2D eigenvalue weighted by Crippen LogP contribution is -1.78. The molecule has 0 spiro atoms. The summed E-state index contributed by atoms with van der Waals surface area (Å²) in [5, 5.41) is 17.2. The average Bonchev–Trinajstić information content (AvgIpc) is 2.96. The van der Waals surface area contributed by atoms with Crippen molar-refractivity contribution in [3.05, 3.63) is 70.9 Å². The van der Waals surface area contributed by atoms with E-state index in [2.05, 4.69) is 10.2 Å². The van der Waals surface area contributed by atoms with Crippen molar-refractivity contribution in [1.82, 2.24) is 10.2 Å². The van der Waals surface area contributed by atoms with Crippen LogP contribution in [-0.2, 0) is 0 Å². The number of benzene rings is 2. The van der Waals surface area contributed by atoms with Gasteiger partial charge >= 0.3 is 0 Å². The smallest absolute Gasteiger partial charge is 0.115 e. The minimum Gasteiger partial charge on any atom is -0.508 e. The zero-order valence-electron chi connectivity index (χ0n) is 11.1. The summed E-state index contributed by atoms with van der Waals surface area (Å²) < 4.78 is 0. The van der Waals surface area contributed by atoms with Gasteiger partial charge in [0.2, 0.25) is 0 Å². The minimum atomic E-state index is 0.259. The number of aromatic hydroxyl groups is 1. The summed E-state index contributed by atoms with van der Waals surface area (Å²) in [6, 6.07) is 16.5. The molecule has 0 saturated heterocycles. The number of phenols is 1. The lowest BCUT2D eigenvalue weighted by atomic mass is 10.1. The molecule has 0 radical (unpaired) electrons. The number of rotatable bonds is 3. The van der Waals surface area contributed by atoms with Gasteiger partial charge < -0.3 is 5.11 Å². The highest BCUT2D eigenvalue weighted by atomic mass is 35.5. The molecule has 0 aliphatic rings. The zero-order valence-corrected chi connectivity index (χ0v) is 11.9. The second-order valence-corrected chi connectivity index (χ2v) is 5.02. The van der Waals surface area contributed by atoms with E-state index in [1.54, 1.807) is 12.1 Å². The number of phenolic OH excluding ortho intramolecular Hbond substituents is 1. The maximum atomic E-state index is 9.24. The van der Waals surface area contributed by atoms with Gasteiger partial charge in [-0.2, -0.15) is 5.10 Å². The molecule has 21 heavy (non-hydrogen) atoms. The van der Waals surface area contributed by atoms with Crippen molar-refractivity contribution in [2.24, 2.45) is 0 Å². The Balaban J connectivity index is 1.82. The molecule has 3 aromatic rings. The van der Waals surface area contributed by atoms with Crippen molar-refractivity contribution in [3.63, 3.8) is 0 Å². The van der Waals surface area contributed by atoms with Gasteiger partial charge in [0.1, 0.15) is 5.75 Å². The van der Waals surface area contributed by atoms with Gasteiger partial charge in [-0.05, 0) is 35.9 Å². The molecule has 0 unspecified atom stereocenters. The number of aromatic amines is 1. The van der Waals surface area contributed by atoms with Gasteiger partial charge in [0.15, 0.2) is 0 Å². The summed E-state index contributed by atoms with van der Waals surface area (Å²) in [4.78, 5) is 0. The van der Waals surface area contributed by atoms with Gasteiger partial charge in [0, 0.05) is 5.56 Å². The maximum absolute atomic E-state index is 9.24. The predicted molar refractivity (Wildman–Crippen MR) is 86.1 cm³/mol. The standard InChI is InChI=1S/C17H13ClN2O/c18-16-4-2-1-3-15(16)17-11-13(19-20-17)8-5-12-6-9-14(21)10-7-12/h1-11,21H,(H,19,20)/b8-5+. The van der Waals surface area contributed by atoms with Crippen LogP contribution in [0.2, 0.25) is 5.02 Å². The number of halogens is 1. The lowest BCUT2D eigenvalue weighted by molar-refractivity contribution is 0.475. The first kappa shape index (κ1) is 13.5. The molecule has 3 rings (SSSR count). The van der Waals surface area contributed by atoms with Crippen LogP contribution in [0.25, 0.3) is 23.4 Å². The molecule has 0 aliphatic heterocycles. The number of hydrogen-bond acceptors (Lipinski definition) is 2. The van der Waals surface area contributed by atoms with Crippen LogP contribution in [0.4, 0.5) is 0 Å². The third-order valence-corrected chi connectivity index (χ3v) is 3.43. The zero-order chi connectivity index (χ0) is 14.7. The Hall–Kier alpha value is -2.52. The third kappa shape index (κ3) is 3.15. The SMILES string of the molecule is Oc1ccc(/C=C/c2cc(-c3ccccc3Cl)n[nH]2)cc1. The summed E-state index contributed by atoms with van der Waals surface area (Å²) in [7, 11) is 0. The van der Waals surface area contributed by atoms with Crippen molar-refractivity contribution < 1.29 is 5.11 Å². The molecular weight excluding hydrogens is 284 g/mol. The highest BCUT2D eigenvalue weighted by Gasteiger charge is 2.05. The number of nitrogens with zero attached hydrogens (tertiary/aromatic N) is 1. The Morgan fingerprint density at radius 1 is 1.00 bits per heavy atom. The van der Waals surface area contributed by atoms with Crippen LogP contribution in [0, 0.1) is 0 Å². The second kappa shape index (κ2) is 5.85. The molecule has 0 fully saturated rings. The van der Waals surface area contributed by atoms with Crippen molar-refractivity contribution in [2.75, 3.05) is 0 Å². The second-order valence-electron chi connectivity index (χ2n) is 4.61. The van der Waals surface area contributed by atoms with Gasteiger partial charge in [-0.15, -0.1) is 0 Å². The van der Waals surface area contributed by atoms with Crippen LogP contribution in [0.5, 0.6) is 5.75 Å². The van der Waals surface area contributed by atoms with E-state index < -0.39 is 0 Å². The maximum Gasteiger partial charge on any atom is 0.115 e. The van der Waals surface area contributed by atoms with Crippen LogP contribution in [-0.4, -0.2) is 15.3 Å². The fraction of sp³-hybridized carbons (Fsp3) is 0. The molecule has 2 N–H and O–H groups in total. The first-order chi connectivity index (χ1) is 10.2. The number of hydrogen-bond donors (Lipinski definition) is 2. The van der Waals surface area contributed by atoms with Crippen LogP contribution in [0.1, 0.15) is 11.3 Å². The Labute approximate surface area is 127 Å². The van der Waals surface area contributed by atoms with Crippen LogP contribution < -0.4 is 0 Å². The van der Waals surface area contributed by atoms with Crippen molar-refractivity contribution in [1.29, 1.82) is 0 Å². The minimum absolute atomic E-state index is 0.259. The highest BCUT2D eigenvalue weighted by Crippen LogP contribution is 2.26. The summed E-state index contributed by atoms with van der Waals surface area (Å²) in [5.74, 6) is 0.259. The van der Waals surface area contributed by atoms with E-state index in [4.69, 9.17) is 11.6 Å². The van der Waals surface area contributed by atoms with Crippen LogP contribution >= 0.6 is 11.6 Å². The summed E-state index contributed by atoms with van der Waals surface area (Å²) in [6.45, 7) is 0. The fourth-order valence-electron chi connectivity index (χ4n) is 2.00. The molecule has 0 amide bonds. The van der Waals surface area contributed by atoms with Gasteiger partial charge in [0.25, 0.3) is 0 Å². The van der Waals surface area contributed by atoms with Crippen LogP contribution in [0.3, 0.4) is 0 Å². The van der Waals surface area contributed by atoms with Crippen molar-refractivity contribution in [2.45, 2.75) is 0 Å². The molecular formula is C17H13ClN2O. The van der Waals surface area contributed by atoms with Gasteiger partial charge in [0.05, 0.1) is 16.4 Å². The molecule has 104 valence electrons. The van der Waals surface area contributed by atoms with Gasteiger partial charge in [-0.1, -0.05) is 48.0 Å². The van der Waals surface area contributed by atoms with E-state index in [0.29, 0.717) is 5.02 Å². The lowest BCUT2D eigenvalue weighted by Gasteiger charge is -1.97. The highest BCUT2D eigenvalue weighted by molar-refractivity contribution is 6.33. The molecule has 4 heteroatoms. The van der Waals surface area contributed by atoms with E-state index in [1.807, 2.05) is 54.6 Å². The topological polar surface area (TPSA) is 48.9 Å². The molecule has 1 aromatic heterocycles. The molecule has 0 bridgehead atoms. The van der Waals surface area contributed by atoms with E-state index in [1.165, 1.54) is 0 Å². The molecule has 0 aliphatic carbocycles. The van der Waals surface area contributed by atoms with Crippen LogP contribution in [0.15, 0.2) is 54.6 Å². The molecule has 3 nitrogen and oxygen atoms in total. The Kier molecular flexibility index (Phi) is 3.75. The van der Waals surface area contributed by atoms with Crippen molar-refractivity contribution >= 4 is 23.8 Å². The first-order valence-electron chi connectivity index (χ1n) is 6.50. The Bertz CT molecular complexity index is 775. The molecule has 0 atom stereocenters. The Morgan fingerprint density at radius 3 is 2.52 bits per heavy atom. The largest absolute Gasteiger partial charge is 0.508 e. The van der Waals surface area contributed by atoms with E-state index in [9.17, 15) is 5.11 Å². The average molecular weight is 297 g/mol. The summed E-state index contributed by atoms with van der Waals surface area (Å²) in [5.41, 5.74) is 3.60. The van der Waals surface area contributed by atoms with Gasteiger partial charge in [-0.25, -0.2) is 0 Å². The number of H-pyrrole nitrogens is 1. The summed E-state index contributed by atoms with van der Waals surface area (Å²) in [6.07, 6.45) is 3.88. The van der Waals surface area contributed by atoms with E-state index in [0.717, 1.165) is 22.5 Å². The Morgan fingerprint density at radius 2 is 1.76 bits per heavy atom. The third-order valence-electron chi connectivity index (χ3n) is 3.10. The first-order valence-corrected chi connectivity index (χ1v) is 6.87.